The zero-order valence-corrected chi connectivity index (χ0v) is 5.90. The molecular weight excluding hydrogens is 161 g/mol. The van der Waals surface area contributed by atoms with Gasteiger partial charge in [0.1, 0.15) is 11.0 Å². The molecule has 0 aliphatic heterocycles. The monoisotopic (exact) mass is 165 g/mol. The van der Waals surface area contributed by atoms with E-state index < -0.39 is 5.95 Å². The molecule has 6 heteroatoms. The van der Waals surface area contributed by atoms with Crippen molar-refractivity contribution in [3.05, 3.63) is 18.3 Å². The number of anilines is 1. The summed E-state index contributed by atoms with van der Waals surface area (Å²) in [5.74, 6) is -0.674. The summed E-state index contributed by atoms with van der Waals surface area (Å²) in [5.41, 5.74) is 5.67. The van der Waals surface area contributed by atoms with Crippen molar-refractivity contribution >= 4 is 16.9 Å². The Balaban J connectivity index is 2.95. The molecule has 0 unspecified atom stereocenters. The molecule has 2 aromatic heterocycles. The molecule has 5 nitrogen and oxygen atoms in total. The Morgan fingerprint density at radius 2 is 1.75 bits per heavy atom. The normalized spacial score (nSPS) is 10.4. The lowest BCUT2D eigenvalue weighted by molar-refractivity contribution is 0.574. The van der Waals surface area contributed by atoms with Crippen LogP contribution in [0.1, 0.15) is 0 Å². The molecular formula is C6H4FN5. The van der Waals surface area contributed by atoms with Gasteiger partial charge >= 0.3 is 0 Å². The molecule has 2 rings (SSSR count). The van der Waals surface area contributed by atoms with Gasteiger partial charge in [0.25, 0.3) is 5.95 Å². The molecule has 0 aromatic carbocycles. The van der Waals surface area contributed by atoms with Gasteiger partial charge in [0.05, 0.1) is 0 Å². The van der Waals surface area contributed by atoms with Crippen LogP contribution in [0, 0.1) is 5.95 Å². The van der Waals surface area contributed by atoms with Crippen molar-refractivity contribution in [1.29, 1.82) is 0 Å². The lowest BCUT2D eigenvalue weighted by Crippen LogP contribution is -2.00. The van der Waals surface area contributed by atoms with E-state index in [0.29, 0.717) is 0 Å². The van der Waals surface area contributed by atoms with Crippen molar-refractivity contribution in [1.82, 2.24) is 20.2 Å². The number of nitrogen functional groups attached to an aromatic ring is 1. The molecule has 12 heavy (non-hydrogen) atoms. The third-order valence-corrected chi connectivity index (χ3v) is 1.38. The van der Waals surface area contributed by atoms with Crippen LogP contribution in [0.5, 0.6) is 0 Å². The van der Waals surface area contributed by atoms with Crippen molar-refractivity contribution < 1.29 is 4.39 Å². The van der Waals surface area contributed by atoms with E-state index in [1.165, 1.54) is 12.4 Å². The molecule has 2 aromatic rings. The molecule has 0 bridgehead atoms. The summed E-state index contributed by atoms with van der Waals surface area (Å²) in [6.45, 7) is 0. The van der Waals surface area contributed by atoms with E-state index in [-0.39, 0.29) is 16.9 Å². The number of fused-ring (bicyclic) bond motifs is 1. The number of halogens is 1. The second-order valence-corrected chi connectivity index (χ2v) is 2.13. The number of aromatic nitrogens is 4. The van der Waals surface area contributed by atoms with Gasteiger partial charge in [-0.05, 0) is 0 Å². The van der Waals surface area contributed by atoms with Crippen LogP contribution in [0.3, 0.4) is 0 Å². The van der Waals surface area contributed by atoms with Crippen molar-refractivity contribution in [3.63, 3.8) is 0 Å². The topological polar surface area (TPSA) is 77.6 Å². The molecule has 2 N–H and O–H groups in total. The van der Waals surface area contributed by atoms with Crippen molar-refractivity contribution in [2.75, 3.05) is 5.73 Å². The summed E-state index contributed by atoms with van der Waals surface area (Å²) in [6, 6.07) is 0. The Hall–Kier alpha value is -1.85. The quantitative estimate of drug-likeness (QED) is 0.600. The molecule has 0 amide bonds. The van der Waals surface area contributed by atoms with Crippen LogP contribution in [-0.4, -0.2) is 20.2 Å². The summed E-state index contributed by atoms with van der Waals surface area (Å²) < 4.78 is 12.8. The van der Waals surface area contributed by atoms with Crippen molar-refractivity contribution in [3.8, 4) is 0 Å². The lowest BCUT2D eigenvalue weighted by Gasteiger charge is -1.96. The highest BCUT2D eigenvalue weighted by molar-refractivity contribution is 5.82. The van der Waals surface area contributed by atoms with Crippen LogP contribution in [0.2, 0.25) is 0 Å². The van der Waals surface area contributed by atoms with Crippen molar-refractivity contribution in [2.24, 2.45) is 0 Å². The number of nitrogens with two attached hydrogens (primary N) is 1. The van der Waals surface area contributed by atoms with E-state index in [1.807, 2.05) is 0 Å². The van der Waals surface area contributed by atoms with Gasteiger partial charge in [0.2, 0.25) is 0 Å². The van der Waals surface area contributed by atoms with Gasteiger partial charge < -0.3 is 5.73 Å². The summed E-state index contributed by atoms with van der Waals surface area (Å²) in [4.78, 5) is 7.53. The van der Waals surface area contributed by atoms with E-state index in [1.54, 1.807) is 0 Å². The number of rotatable bonds is 0. The average Bonchev–Trinajstić information content (AvgIpc) is 2.12. The van der Waals surface area contributed by atoms with E-state index in [0.717, 1.165) is 0 Å². The summed E-state index contributed by atoms with van der Waals surface area (Å²) in [7, 11) is 0. The fraction of sp³-hybridized carbons (Fsp3) is 0. The molecule has 0 fully saturated rings. The van der Waals surface area contributed by atoms with E-state index in [2.05, 4.69) is 20.2 Å². The average molecular weight is 165 g/mol. The maximum absolute atomic E-state index is 12.8. The molecule has 0 saturated carbocycles. The van der Waals surface area contributed by atoms with E-state index in [4.69, 9.17) is 5.73 Å². The van der Waals surface area contributed by atoms with E-state index in [9.17, 15) is 4.39 Å². The highest BCUT2D eigenvalue weighted by atomic mass is 19.1. The van der Waals surface area contributed by atoms with Gasteiger partial charge in [-0.3, -0.25) is 0 Å². The fourth-order valence-electron chi connectivity index (χ4n) is 0.869. The molecule has 0 atom stereocenters. The van der Waals surface area contributed by atoms with Gasteiger partial charge in [0, 0.05) is 12.4 Å². The fourth-order valence-corrected chi connectivity index (χ4v) is 0.869. The van der Waals surface area contributed by atoms with E-state index >= 15 is 0 Å². The second-order valence-electron chi connectivity index (χ2n) is 2.13. The largest absolute Gasteiger partial charge is 0.380 e. The van der Waals surface area contributed by atoms with Gasteiger partial charge in [-0.2, -0.15) is 4.39 Å². The maximum atomic E-state index is 12.8. The predicted octanol–water partition coefficient (Wildman–Crippen LogP) is 0.141. The van der Waals surface area contributed by atoms with Gasteiger partial charge in [-0.1, -0.05) is 0 Å². The Labute approximate surface area is 66.5 Å². The SMILES string of the molecule is Nc1nnc(F)c2nccnc12. The molecule has 0 aliphatic rings. The van der Waals surface area contributed by atoms with Gasteiger partial charge in [0.15, 0.2) is 5.82 Å². The third kappa shape index (κ3) is 0.849. The predicted molar refractivity (Wildman–Crippen MR) is 39.5 cm³/mol. The summed E-state index contributed by atoms with van der Waals surface area (Å²) >= 11 is 0. The minimum Gasteiger partial charge on any atom is -0.380 e. The first-order chi connectivity index (χ1) is 5.79. The number of hydrogen-bond donors (Lipinski definition) is 1. The minimum absolute atomic E-state index is 0.0463. The number of hydrogen-bond acceptors (Lipinski definition) is 5. The van der Waals surface area contributed by atoms with Gasteiger partial charge in [-0.15, -0.1) is 10.2 Å². The number of nitrogens with zero attached hydrogens (tertiary/aromatic N) is 4. The molecule has 0 radical (unpaired) electrons. The van der Waals surface area contributed by atoms with Gasteiger partial charge in [-0.25, -0.2) is 9.97 Å². The van der Waals surface area contributed by atoms with Crippen LogP contribution < -0.4 is 5.73 Å². The standard InChI is InChI=1S/C6H4FN5/c7-5-3-4(6(8)12-11-5)10-2-1-9-3/h1-2H,(H2,8,12). The Morgan fingerprint density at radius 1 is 1.08 bits per heavy atom. The smallest absolute Gasteiger partial charge is 0.261 e. The lowest BCUT2D eigenvalue weighted by atomic mass is 10.4. The zero-order valence-electron chi connectivity index (χ0n) is 5.90. The first-order valence-electron chi connectivity index (χ1n) is 3.17. The Kier molecular flexibility index (Phi) is 1.33. The maximum Gasteiger partial charge on any atom is 0.261 e. The molecule has 2 heterocycles. The van der Waals surface area contributed by atoms with Crippen LogP contribution in [0.4, 0.5) is 10.2 Å². The van der Waals surface area contributed by atoms with Crippen LogP contribution >= 0.6 is 0 Å². The first-order valence-corrected chi connectivity index (χ1v) is 3.17. The molecule has 0 spiro atoms. The summed E-state index contributed by atoms with van der Waals surface area (Å²) in [5, 5.41) is 6.52. The highest BCUT2D eigenvalue weighted by Gasteiger charge is 2.07. The third-order valence-electron chi connectivity index (χ3n) is 1.38. The Morgan fingerprint density at radius 3 is 2.42 bits per heavy atom. The van der Waals surface area contributed by atoms with Crippen LogP contribution in [0.15, 0.2) is 12.4 Å². The minimum atomic E-state index is -0.757. The Bertz CT molecular complexity index is 389. The second kappa shape index (κ2) is 2.33. The summed E-state index contributed by atoms with van der Waals surface area (Å²) in [6.07, 6.45) is 2.78. The highest BCUT2D eigenvalue weighted by Crippen LogP contribution is 2.13. The van der Waals surface area contributed by atoms with Crippen LogP contribution in [0.25, 0.3) is 11.0 Å². The molecule has 0 saturated heterocycles. The van der Waals surface area contributed by atoms with Crippen LogP contribution in [-0.2, 0) is 0 Å². The molecule has 0 aliphatic carbocycles. The zero-order chi connectivity index (χ0) is 8.55. The first kappa shape index (κ1) is 6.84. The molecule has 60 valence electrons. The van der Waals surface area contributed by atoms with Crippen molar-refractivity contribution in [2.45, 2.75) is 0 Å².